The zero-order valence-electron chi connectivity index (χ0n) is 13.3. The van der Waals surface area contributed by atoms with Gasteiger partial charge in [0.05, 0.1) is 0 Å². The largest absolute Gasteiger partial charge is 0.454 e. The van der Waals surface area contributed by atoms with Crippen molar-refractivity contribution in [1.82, 2.24) is 4.90 Å². The summed E-state index contributed by atoms with van der Waals surface area (Å²) in [6.45, 7) is 2.84. The average molecular weight is 318 g/mol. The summed E-state index contributed by atoms with van der Waals surface area (Å²) in [6.07, 6.45) is 3.93. The van der Waals surface area contributed by atoms with Crippen LogP contribution in [0.25, 0.3) is 0 Å². The van der Waals surface area contributed by atoms with E-state index in [1.807, 2.05) is 6.92 Å². The second-order valence-electron chi connectivity index (χ2n) is 5.91. The molecule has 2 aliphatic heterocycles. The fourth-order valence-electron chi connectivity index (χ4n) is 3.06. The van der Waals surface area contributed by atoms with Crippen molar-refractivity contribution in [2.45, 2.75) is 45.1 Å². The van der Waals surface area contributed by atoms with Crippen LogP contribution in [0.2, 0.25) is 0 Å². The fourth-order valence-corrected chi connectivity index (χ4v) is 3.06. The molecule has 0 spiro atoms. The molecule has 1 aromatic carbocycles. The van der Waals surface area contributed by atoms with E-state index in [1.165, 1.54) is 0 Å². The summed E-state index contributed by atoms with van der Waals surface area (Å²) in [5.74, 6) is 1.25. The highest BCUT2D eigenvalue weighted by Gasteiger charge is 2.31. The maximum absolute atomic E-state index is 12.6. The van der Waals surface area contributed by atoms with Crippen molar-refractivity contribution in [3.63, 3.8) is 0 Å². The number of fused-ring (bicyclic) bond motifs is 1. The van der Waals surface area contributed by atoms with E-state index >= 15 is 0 Å². The first kappa shape index (κ1) is 15.6. The van der Waals surface area contributed by atoms with Gasteiger partial charge in [0.1, 0.15) is 6.04 Å². The number of nitrogens with one attached hydrogen (secondary N) is 1. The van der Waals surface area contributed by atoms with Crippen molar-refractivity contribution in [1.29, 1.82) is 0 Å². The molecule has 23 heavy (non-hydrogen) atoms. The highest BCUT2D eigenvalue weighted by molar-refractivity contribution is 5.97. The third-order valence-corrected chi connectivity index (χ3v) is 4.23. The molecule has 0 saturated carbocycles. The van der Waals surface area contributed by atoms with Crippen LogP contribution >= 0.6 is 0 Å². The van der Waals surface area contributed by atoms with E-state index in [4.69, 9.17) is 9.47 Å². The van der Waals surface area contributed by atoms with Gasteiger partial charge in [0.2, 0.25) is 18.6 Å². The number of anilines is 1. The standard InChI is InChI=1S/C17H22N2O4/c1-2-5-16(20)19-9-4-3-6-13(19)17(21)18-12-7-8-14-15(10-12)23-11-22-14/h7-8,10,13H,2-6,9,11H2,1H3,(H,18,21). The van der Waals surface area contributed by atoms with Gasteiger partial charge in [-0.25, -0.2) is 0 Å². The van der Waals surface area contributed by atoms with E-state index in [2.05, 4.69) is 5.32 Å². The average Bonchev–Trinajstić information content (AvgIpc) is 3.02. The topological polar surface area (TPSA) is 67.9 Å². The molecule has 1 aromatic rings. The summed E-state index contributed by atoms with van der Waals surface area (Å²) in [4.78, 5) is 26.6. The highest BCUT2D eigenvalue weighted by atomic mass is 16.7. The van der Waals surface area contributed by atoms with E-state index in [9.17, 15) is 9.59 Å². The first-order valence-corrected chi connectivity index (χ1v) is 8.19. The molecule has 0 aromatic heterocycles. The Morgan fingerprint density at radius 1 is 1.26 bits per heavy atom. The van der Waals surface area contributed by atoms with Gasteiger partial charge in [-0.3, -0.25) is 9.59 Å². The summed E-state index contributed by atoms with van der Waals surface area (Å²) in [7, 11) is 0. The lowest BCUT2D eigenvalue weighted by Crippen LogP contribution is -2.49. The molecule has 2 heterocycles. The van der Waals surface area contributed by atoms with Crippen molar-refractivity contribution < 1.29 is 19.1 Å². The van der Waals surface area contributed by atoms with Gasteiger partial charge < -0.3 is 19.7 Å². The number of carbonyl (C=O) groups is 2. The number of rotatable bonds is 4. The lowest BCUT2D eigenvalue weighted by Gasteiger charge is -2.34. The predicted molar refractivity (Wildman–Crippen MR) is 85.5 cm³/mol. The van der Waals surface area contributed by atoms with E-state index in [0.717, 1.165) is 19.3 Å². The molecule has 0 aliphatic carbocycles. The monoisotopic (exact) mass is 318 g/mol. The maximum Gasteiger partial charge on any atom is 0.247 e. The van der Waals surface area contributed by atoms with Crippen molar-refractivity contribution in [3.05, 3.63) is 18.2 Å². The smallest absolute Gasteiger partial charge is 0.247 e. The molecule has 0 radical (unpaired) electrons. The van der Waals surface area contributed by atoms with Gasteiger partial charge in [0, 0.05) is 24.7 Å². The van der Waals surface area contributed by atoms with Crippen LogP contribution in [0.3, 0.4) is 0 Å². The van der Waals surface area contributed by atoms with Crippen LogP contribution in [0.1, 0.15) is 39.0 Å². The Hall–Kier alpha value is -2.24. The van der Waals surface area contributed by atoms with Crippen LogP contribution in [0, 0.1) is 0 Å². The Bertz CT molecular complexity index is 602. The molecule has 3 rings (SSSR count). The molecule has 124 valence electrons. The highest BCUT2D eigenvalue weighted by Crippen LogP contribution is 2.34. The van der Waals surface area contributed by atoms with Gasteiger partial charge in [-0.05, 0) is 37.8 Å². The first-order valence-electron chi connectivity index (χ1n) is 8.19. The predicted octanol–water partition coefficient (Wildman–Crippen LogP) is 2.54. The molecule has 2 amide bonds. The number of hydrogen-bond acceptors (Lipinski definition) is 4. The maximum atomic E-state index is 12.6. The molecule has 6 heteroatoms. The number of nitrogens with zero attached hydrogens (tertiary/aromatic N) is 1. The van der Waals surface area contributed by atoms with Crippen LogP contribution < -0.4 is 14.8 Å². The molecule has 1 N–H and O–H groups in total. The third kappa shape index (κ3) is 3.41. The first-order chi connectivity index (χ1) is 11.2. The Kier molecular flexibility index (Phi) is 4.69. The minimum atomic E-state index is -0.381. The summed E-state index contributed by atoms with van der Waals surface area (Å²) in [6, 6.07) is 4.93. The van der Waals surface area contributed by atoms with Crippen LogP contribution in [-0.2, 0) is 9.59 Å². The molecule has 1 fully saturated rings. The van der Waals surface area contributed by atoms with Gasteiger partial charge in [-0.2, -0.15) is 0 Å². The normalized spacial score (nSPS) is 19.5. The number of ether oxygens (including phenoxy) is 2. The number of piperidine rings is 1. The molecule has 1 atom stereocenters. The molecule has 0 bridgehead atoms. The summed E-state index contributed by atoms with van der Waals surface area (Å²) < 4.78 is 10.6. The van der Waals surface area contributed by atoms with E-state index in [1.54, 1.807) is 23.1 Å². The van der Waals surface area contributed by atoms with Crippen molar-refractivity contribution in [2.75, 3.05) is 18.7 Å². The molecular weight excluding hydrogens is 296 g/mol. The molecule has 6 nitrogen and oxygen atoms in total. The van der Waals surface area contributed by atoms with Gasteiger partial charge in [0.15, 0.2) is 11.5 Å². The van der Waals surface area contributed by atoms with Gasteiger partial charge in [-0.1, -0.05) is 6.92 Å². The number of benzene rings is 1. The Balaban J connectivity index is 1.69. The Morgan fingerprint density at radius 3 is 2.91 bits per heavy atom. The lowest BCUT2D eigenvalue weighted by atomic mass is 10.0. The van der Waals surface area contributed by atoms with Crippen LogP contribution in [-0.4, -0.2) is 36.1 Å². The summed E-state index contributed by atoms with van der Waals surface area (Å²) >= 11 is 0. The third-order valence-electron chi connectivity index (χ3n) is 4.23. The zero-order chi connectivity index (χ0) is 16.2. The second-order valence-corrected chi connectivity index (χ2v) is 5.91. The fraction of sp³-hybridized carbons (Fsp3) is 0.529. The lowest BCUT2D eigenvalue weighted by molar-refractivity contribution is -0.140. The van der Waals surface area contributed by atoms with Crippen LogP contribution in [0.15, 0.2) is 18.2 Å². The second kappa shape index (κ2) is 6.89. The summed E-state index contributed by atoms with van der Waals surface area (Å²) in [5, 5.41) is 2.90. The molecule has 1 saturated heterocycles. The van der Waals surface area contributed by atoms with E-state index in [0.29, 0.717) is 36.6 Å². The summed E-state index contributed by atoms with van der Waals surface area (Å²) in [5.41, 5.74) is 0.660. The number of carbonyl (C=O) groups excluding carboxylic acids is 2. The molecule has 1 unspecified atom stereocenters. The van der Waals surface area contributed by atoms with Crippen molar-refractivity contribution in [2.24, 2.45) is 0 Å². The number of hydrogen-bond donors (Lipinski definition) is 1. The Labute approximate surface area is 135 Å². The van der Waals surface area contributed by atoms with Gasteiger partial charge in [-0.15, -0.1) is 0 Å². The minimum absolute atomic E-state index is 0.0676. The van der Waals surface area contributed by atoms with E-state index < -0.39 is 0 Å². The number of likely N-dealkylation sites (tertiary alicyclic amines) is 1. The van der Waals surface area contributed by atoms with Crippen molar-refractivity contribution >= 4 is 17.5 Å². The van der Waals surface area contributed by atoms with Gasteiger partial charge in [0.25, 0.3) is 0 Å². The van der Waals surface area contributed by atoms with Crippen LogP contribution in [0.4, 0.5) is 5.69 Å². The number of amides is 2. The van der Waals surface area contributed by atoms with Gasteiger partial charge >= 0.3 is 0 Å². The minimum Gasteiger partial charge on any atom is -0.454 e. The quantitative estimate of drug-likeness (QED) is 0.926. The molecule has 2 aliphatic rings. The SMILES string of the molecule is CCCC(=O)N1CCCCC1C(=O)Nc1ccc2c(c1)OCO2. The van der Waals surface area contributed by atoms with Crippen molar-refractivity contribution in [3.8, 4) is 11.5 Å². The van der Waals surface area contributed by atoms with E-state index in [-0.39, 0.29) is 24.6 Å². The Morgan fingerprint density at radius 2 is 2.09 bits per heavy atom. The zero-order valence-corrected chi connectivity index (χ0v) is 13.3. The molecular formula is C17H22N2O4. The van der Waals surface area contributed by atoms with Crippen LogP contribution in [0.5, 0.6) is 11.5 Å².